The van der Waals surface area contributed by atoms with E-state index in [2.05, 4.69) is 271 Å². The molecule has 1 spiro atoms. The Balaban J connectivity index is 1.15. The summed E-state index contributed by atoms with van der Waals surface area (Å²) in [6, 6.07) is 78.2. The Bertz CT molecular complexity index is 3380. The fourth-order valence-electron chi connectivity index (χ4n) is 11.5. The first kappa shape index (κ1) is 42.7. The second-order valence-electron chi connectivity index (χ2n) is 21.6. The first-order valence-electron chi connectivity index (χ1n) is 24.6. The van der Waals surface area contributed by atoms with Gasteiger partial charge in [0.1, 0.15) is 0 Å². The first-order valence-corrected chi connectivity index (χ1v) is 24.6. The molecule has 0 heterocycles. The summed E-state index contributed by atoms with van der Waals surface area (Å²) in [5, 5.41) is 5.01. The smallest absolute Gasteiger partial charge is 0.0737 e. The van der Waals surface area contributed by atoms with Crippen molar-refractivity contribution in [2.75, 3.05) is 9.80 Å². The second-order valence-corrected chi connectivity index (χ2v) is 21.6. The number of anilines is 6. The van der Waals surface area contributed by atoms with E-state index in [1.54, 1.807) is 0 Å². The molecule has 2 heteroatoms. The van der Waals surface area contributed by atoms with E-state index in [1.165, 1.54) is 88.3 Å². The maximum Gasteiger partial charge on any atom is 0.0737 e. The molecule has 0 aliphatic heterocycles. The van der Waals surface area contributed by atoms with Crippen molar-refractivity contribution < 1.29 is 0 Å². The van der Waals surface area contributed by atoms with E-state index >= 15 is 0 Å². The maximum atomic E-state index is 2.53. The lowest BCUT2D eigenvalue weighted by molar-refractivity contribution is 0.589. The monoisotopic (exact) mass is 890 g/mol. The number of benzene rings is 10. The molecule has 0 aromatic heterocycles. The van der Waals surface area contributed by atoms with Gasteiger partial charge in [0.05, 0.1) is 5.41 Å². The third kappa shape index (κ3) is 6.75. The second kappa shape index (κ2) is 15.7. The van der Waals surface area contributed by atoms with Crippen LogP contribution in [0.25, 0.3) is 43.8 Å². The number of para-hydroxylation sites is 2. The Hall–Kier alpha value is -7.68. The van der Waals surface area contributed by atoms with Gasteiger partial charge >= 0.3 is 0 Å². The summed E-state index contributed by atoms with van der Waals surface area (Å²) in [6.07, 6.45) is 0. The maximum absolute atomic E-state index is 2.53. The fourth-order valence-corrected chi connectivity index (χ4v) is 11.5. The lowest BCUT2D eigenvalue weighted by Gasteiger charge is -2.33. The Kier molecular flexibility index (Phi) is 9.70. The van der Waals surface area contributed by atoms with Crippen LogP contribution in [0.3, 0.4) is 0 Å². The normalized spacial score (nSPS) is 13.3. The molecule has 0 amide bonds. The van der Waals surface area contributed by atoms with E-state index in [0.29, 0.717) is 0 Å². The molecule has 2 aliphatic rings. The molecule has 0 fully saturated rings. The number of hydrogen-bond donors (Lipinski definition) is 0. The molecule has 0 bridgehead atoms. The van der Waals surface area contributed by atoms with Crippen molar-refractivity contribution in [1.82, 2.24) is 0 Å². The summed E-state index contributed by atoms with van der Waals surface area (Å²) in [5.74, 6) is 0. The highest BCUT2D eigenvalue weighted by Crippen LogP contribution is 2.66. The average Bonchev–Trinajstić information content (AvgIpc) is 3.82. The topological polar surface area (TPSA) is 6.48 Å². The zero-order valence-corrected chi connectivity index (χ0v) is 41.0. The quantitative estimate of drug-likeness (QED) is 0.164. The summed E-state index contributed by atoms with van der Waals surface area (Å²) in [4.78, 5) is 4.78. The number of nitrogens with zero attached hydrogens (tertiary/aromatic N) is 2. The molecule has 2 nitrogen and oxygen atoms in total. The van der Waals surface area contributed by atoms with Gasteiger partial charge in [-0.05, 0) is 175 Å². The minimum atomic E-state index is -0.587. The third-order valence-electron chi connectivity index (χ3n) is 15.0. The van der Waals surface area contributed by atoms with Gasteiger partial charge in [0.2, 0.25) is 0 Å². The van der Waals surface area contributed by atoms with Crippen molar-refractivity contribution in [2.24, 2.45) is 0 Å². The molecule has 0 unspecified atom stereocenters. The van der Waals surface area contributed by atoms with E-state index in [0.717, 1.165) is 34.1 Å². The van der Waals surface area contributed by atoms with E-state index in [1.807, 2.05) is 0 Å². The van der Waals surface area contributed by atoms with E-state index in [9.17, 15) is 0 Å². The van der Waals surface area contributed by atoms with Crippen LogP contribution in [0, 0.1) is 13.8 Å². The van der Waals surface area contributed by atoms with Crippen LogP contribution in [0.4, 0.5) is 34.1 Å². The lowest BCUT2D eigenvalue weighted by Crippen LogP contribution is -2.27. The summed E-state index contributed by atoms with van der Waals surface area (Å²) >= 11 is 0. The SMILES string of the molecule is Cc1ccc(N(c2ccccc2)c2ccc3c4c(ccc3c2)-c2ccc3cc(N(c5ccccc5)c5ccc(C)cc5)ccc3c2C42c3ccc(C(C)(C)C)cc3-c3cc(C(C)(C)C)ccc32)cc1. The molecule has 12 rings (SSSR count). The molecular weight excluding hydrogens is 833 g/mol. The molecule has 0 radical (unpaired) electrons. The highest BCUT2D eigenvalue weighted by atomic mass is 15.1. The van der Waals surface area contributed by atoms with Gasteiger partial charge in [-0.2, -0.15) is 0 Å². The van der Waals surface area contributed by atoms with Crippen molar-refractivity contribution in [2.45, 2.75) is 71.6 Å². The molecule has 0 saturated carbocycles. The standard InChI is InChI=1S/C67H58N2/c1-43-19-27-51(28-20-43)68(49-15-11-9-12-16-49)53-31-35-55-45(39-53)23-33-57-58-34-24-46-40-54(69(50-17-13-10-14-18-50)52-29-21-44(2)22-30-52)32-36-56(46)64(58)67(63(55)57)61-37-25-47(65(3,4)5)41-59(61)60-42-48(66(6,7)8)26-38-62(60)67/h9-42H,1-8H3. The zero-order valence-electron chi connectivity index (χ0n) is 41.0. The van der Waals surface area contributed by atoms with Crippen LogP contribution in [0.2, 0.25) is 0 Å². The van der Waals surface area contributed by atoms with E-state index in [-0.39, 0.29) is 10.8 Å². The molecule has 10 aromatic carbocycles. The number of fused-ring (bicyclic) bond motifs is 14. The van der Waals surface area contributed by atoms with E-state index in [4.69, 9.17) is 0 Å². The Morgan fingerprint density at radius 2 is 0.681 bits per heavy atom. The van der Waals surface area contributed by atoms with Crippen LogP contribution in [-0.2, 0) is 16.2 Å². The van der Waals surface area contributed by atoms with Crippen molar-refractivity contribution >= 4 is 55.7 Å². The molecule has 69 heavy (non-hydrogen) atoms. The van der Waals surface area contributed by atoms with Crippen molar-refractivity contribution in [3.63, 3.8) is 0 Å². The Morgan fingerprint density at radius 1 is 0.319 bits per heavy atom. The van der Waals surface area contributed by atoms with Gasteiger partial charge in [-0.1, -0.05) is 186 Å². The predicted molar refractivity (Wildman–Crippen MR) is 294 cm³/mol. The summed E-state index contributed by atoms with van der Waals surface area (Å²) in [5.41, 5.74) is 22.1. The van der Waals surface area contributed by atoms with Crippen LogP contribution >= 0.6 is 0 Å². The zero-order chi connectivity index (χ0) is 47.4. The summed E-state index contributed by atoms with van der Waals surface area (Å²) < 4.78 is 0. The minimum Gasteiger partial charge on any atom is -0.310 e. The van der Waals surface area contributed by atoms with Gasteiger partial charge in [-0.15, -0.1) is 0 Å². The van der Waals surface area contributed by atoms with Gasteiger partial charge in [0.25, 0.3) is 0 Å². The van der Waals surface area contributed by atoms with Gasteiger partial charge in [-0.3, -0.25) is 0 Å². The van der Waals surface area contributed by atoms with Crippen LogP contribution in [0.1, 0.15) is 86.1 Å². The van der Waals surface area contributed by atoms with Gasteiger partial charge in [-0.25, -0.2) is 0 Å². The highest BCUT2D eigenvalue weighted by Gasteiger charge is 2.53. The molecule has 10 aromatic rings. The average molecular weight is 891 g/mol. The Morgan fingerprint density at radius 3 is 1.06 bits per heavy atom. The van der Waals surface area contributed by atoms with Crippen LogP contribution < -0.4 is 9.80 Å². The molecule has 0 saturated heterocycles. The fraction of sp³-hybridized carbons (Fsp3) is 0.164. The van der Waals surface area contributed by atoms with Crippen LogP contribution in [0.5, 0.6) is 0 Å². The third-order valence-corrected chi connectivity index (χ3v) is 15.0. The minimum absolute atomic E-state index is 0.0194. The van der Waals surface area contributed by atoms with Crippen LogP contribution in [-0.4, -0.2) is 0 Å². The number of aryl methyl sites for hydroxylation is 2. The Labute approximate surface area is 408 Å². The van der Waals surface area contributed by atoms with Gasteiger partial charge in [0, 0.05) is 34.1 Å². The highest BCUT2D eigenvalue weighted by molar-refractivity contribution is 6.10. The van der Waals surface area contributed by atoms with Crippen molar-refractivity contribution in [3.05, 3.63) is 251 Å². The van der Waals surface area contributed by atoms with Crippen LogP contribution in [0.15, 0.2) is 206 Å². The first-order chi connectivity index (χ1) is 33.3. The number of hydrogen-bond acceptors (Lipinski definition) is 2. The van der Waals surface area contributed by atoms with E-state index < -0.39 is 5.41 Å². The van der Waals surface area contributed by atoms with Crippen molar-refractivity contribution in [3.8, 4) is 22.3 Å². The number of rotatable bonds is 6. The summed E-state index contributed by atoms with van der Waals surface area (Å²) in [6.45, 7) is 18.3. The van der Waals surface area contributed by atoms with Gasteiger partial charge < -0.3 is 9.80 Å². The molecule has 2 aliphatic carbocycles. The largest absolute Gasteiger partial charge is 0.310 e. The molecule has 0 atom stereocenters. The van der Waals surface area contributed by atoms with Gasteiger partial charge in [0.15, 0.2) is 0 Å². The lowest BCUT2D eigenvalue weighted by atomic mass is 9.68. The molecule has 336 valence electrons. The summed E-state index contributed by atoms with van der Waals surface area (Å²) in [7, 11) is 0. The molecule has 0 N–H and O–H groups in total. The van der Waals surface area contributed by atoms with Crippen molar-refractivity contribution in [1.29, 1.82) is 0 Å². The predicted octanol–water partition coefficient (Wildman–Crippen LogP) is 18.5. The molecular formula is C67H58N2.